The van der Waals surface area contributed by atoms with Crippen LogP contribution in [0.3, 0.4) is 0 Å². The lowest BCUT2D eigenvalue weighted by Gasteiger charge is -1.94. The van der Waals surface area contributed by atoms with Gasteiger partial charge in [0, 0.05) is 6.42 Å². The zero-order valence-corrected chi connectivity index (χ0v) is 5.89. The van der Waals surface area contributed by atoms with E-state index in [0.717, 1.165) is 0 Å². The third-order valence-corrected chi connectivity index (χ3v) is 0.980. The van der Waals surface area contributed by atoms with Gasteiger partial charge in [-0.1, -0.05) is 6.58 Å². The van der Waals surface area contributed by atoms with Gasteiger partial charge < -0.3 is 5.11 Å². The van der Waals surface area contributed by atoms with E-state index in [2.05, 4.69) is 6.58 Å². The van der Waals surface area contributed by atoms with Gasteiger partial charge in [-0.25, -0.2) is 0 Å². The first-order valence-electron chi connectivity index (χ1n) is 2.93. The van der Waals surface area contributed by atoms with Crippen molar-refractivity contribution in [2.75, 3.05) is 6.61 Å². The average molecular weight is 142 g/mol. The number of hydrogen-bond donors (Lipinski definition) is 1. The molecule has 0 saturated heterocycles. The van der Waals surface area contributed by atoms with E-state index in [1.165, 1.54) is 6.92 Å². The van der Waals surface area contributed by atoms with E-state index >= 15 is 0 Å². The standard InChI is InChI=1S/C7H10O3/c1-5(2)7(10)6(9)3-4-8/h8H,1,3-4H2,2H3. The quantitative estimate of drug-likeness (QED) is 0.447. The predicted octanol–water partition coefficient (Wildman–Crippen LogP) is 0.0831. The Balaban J connectivity index is 3.96. The van der Waals surface area contributed by atoms with Crippen molar-refractivity contribution < 1.29 is 14.7 Å². The maximum absolute atomic E-state index is 10.7. The lowest BCUT2D eigenvalue weighted by molar-refractivity contribution is -0.134. The van der Waals surface area contributed by atoms with Gasteiger partial charge in [-0.15, -0.1) is 0 Å². The SMILES string of the molecule is C=C(C)C(=O)C(=O)CCO. The van der Waals surface area contributed by atoms with Crippen molar-refractivity contribution in [2.45, 2.75) is 13.3 Å². The van der Waals surface area contributed by atoms with E-state index in [9.17, 15) is 9.59 Å². The highest BCUT2D eigenvalue weighted by Crippen LogP contribution is 1.93. The highest BCUT2D eigenvalue weighted by Gasteiger charge is 2.12. The van der Waals surface area contributed by atoms with E-state index in [-0.39, 0.29) is 18.6 Å². The van der Waals surface area contributed by atoms with Crippen molar-refractivity contribution in [1.82, 2.24) is 0 Å². The van der Waals surface area contributed by atoms with E-state index in [0.29, 0.717) is 0 Å². The summed E-state index contributed by atoms with van der Waals surface area (Å²) in [4.78, 5) is 21.3. The fourth-order valence-electron chi connectivity index (χ4n) is 0.453. The monoisotopic (exact) mass is 142 g/mol. The molecule has 0 spiro atoms. The third kappa shape index (κ3) is 2.55. The molecule has 0 fully saturated rings. The Kier molecular flexibility index (Phi) is 3.57. The molecule has 0 radical (unpaired) electrons. The van der Waals surface area contributed by atoms with Gasteiger partial charge in [-0.05, 0) is 12.5 Å². The summed E-state index contributed by atoms with van der Waals surface area (Å²) in [6, 6.07) is 0. The summed E-state index contributed by atoms with van der Waals surface area (Å²) in [5.74, 6) is -1.16. The van der Waals surface area contributed by atoms with Gasteiger partial charge in [0.15, 0.2) is 0 Å². The number of aliphatic hydroxyl groups excluding tert-OH is 1. The zero-order valence-electron chi connectivity index (χ0n) is 5.89. The van der Waals surface area contributed by atoms with Crippen LogP contribution in [0.5, 0.6) is 0 Å². The Hall–Kier alpha value is -0.960. The van der Waals surface area contributed by atoms with Crippen LogP contribution in [0.1, 0.15) is 13.3 Å². The van der Waals surface area contributed by atoms with Crippen LogP contribution >= 0.6 is 0 Å². The van der Waals surface area contributed by atoms with Gasteiger partial charge in [0.2, 0.25) is 11.6 Å². The number of carbonyl (C=O) groups is 2. The molecule has 0 unspecified atom stereocenters. The predicted molar refractivity (Wildman–Crippen MR) is 36.5 cm³/mol. The molecule has 0 atom stereocenters. The Morgan fingerprint density at radius 3 is 2.30 bits per heavy atom. The van der Waals surface area contributed by atoms with Gasteiger partial charge in [0.05, 0.1) is 6.61 Å². The van der Waals surface area contributed by atoms with Gasteiger partial charge in [-0.2, -0.15) is 0 Å². The lowest BCUT2D eigenvalue weighted by Crippen LogP contribution is -2.15. The zero-order chi connectivity index (χ0) is 8.15. The van der Waals surface area contributed by atoms with Crippen molar-refractivity contribution >= 4 is 11.6 Å². The molecule has 0 saturated carbocycles. The minimum absolute atomic E-state index is 0.105. The van der Waals surface area contributed by atoms with Crippen LogP contribution in [0.4, 0.5) is 0 Å². The summed E-state index contributed by atoms with van der Waals surface area (Å²) in [5.41, 5.74) is 0.221. The normalized spacial score (nSPS) is 9.00. The average Bonchev–Trinajstić information content (AvgIpc) is 1.87. The Bertz CT molecular complexity index is 170. The smallest absolute Gasteiger partial charge is 0.223 e. The van der Waals surface area contributed by atoms with E-state index in [4.69, 9.17) is 5.11 Å². The molecule has 0 aromatic carbocycles. The molecule has 0 aliphatic carbocycles. The van der Waals surface area contributed by atoms with Crippen molar-refractivity contribution in [1.29, 1.82) is 0 Å². The molecule has 3 nitrogen and oxygen atoms in total. The Morgan fingerprint density at radius 1 is 1.50 bits per heavy atom. The fraction of sp³-hybridized carbons (Fsp3) is 0.429. The highest BCUT2D eigenvalue weighted by molar-refractivity contribution is 6.43. The van der Waals surface area contributed by atoms with E-state index in [1.807, 2.05) is 0 Å². The van der Waals surface area contributed by atoms with Gasteiger partial charge in [0.25, 0.3) is 0 Å². The fourth-order valence-corrected chi connectivity index (χ4v) is 0.453. The molecule has 0 aliphatic heterocycles. The van der Waals surface area contributed by atoms with Crippen molar-refractivity contribution in [3.8, 4) is 0 Å². The van der Waals surface area contributed by atoms with Gasteiger partial charge >= 0.3 is 0 Å². The van der Waals surface area contributed by atoms with Crippen LogP contribution in [0.15, 0.2) is 12.2 Å². The molecule has 0 rings (SSSR count). The van der Waals surface area contributed by atoms with Crippen molar-refractivity contribution in [2.24, 2.45) is 0 Å². The van der Waals surface area contributed by atoms with Crippen LogP contribution in [-0.2, 0) is 9.59 Å². The number of carbonyl (C=O) groups excluding carboxylic acids is 2. The highest BCUT2D eigenvalue weighted by atomic mass is 16.3. The first-order valence-corrected chi connectivity index (χ1v) is 2.93. The van der Waals surface area contributed by atoms with Crippen molar-refractivity contribution in [3.63, 3.8) is 0 Å². The third-order valence-electron chi connectivity index (χ3n) is 0.980. The first-order chi connectivity index (χ1) is 4.59. The van der Waals surface area contributed by atoms with Crippen LogP contribution < -0.4 is 0 Å². The molecule has 56 valence electrons. The summed E-state index contributed by atoms with van der Waals surface area (Å²) in [6.07, 6.45) is -0.105. The minimum Gasteiger partial charge on any atom is -0.396 e. The molecule has 0 heterocycles. The lowest BCUT2D eigenvalue weighted by atomic mass is 10.1. The maximum Gasteiger partial charge on any atom is 0.223 e. The molecule has 1 N–H and O–H groups in total. The molecule has 3 heteroatoms. The molecule has 0 aromatic rings. The summed E-state index contributed by atoms with van der Waals surface area (Å²) < 4.78 is 0. The molecule has 0 bridgehead atoms. The summed E-state index contributed by atoms with van der Waals surface area (Å²) >= 11 is 0. The molecular formula is C7H10O3. The van der Waals surface area contributed by atoms with Gasteiger partial charge in [-0.3, -0.25) is 9.59 Å². The van der Waals surface area contributed by atoms with E-state index < -0.39 is 11.6 Å². The maximum atomic E-state index is 10.7. The molecule has 10 heavy (non-hydrogen) atoms. The Morgan fingerprint density at radius 2 is 2.00 bits per heavy atom. The molecule has 0 aliphatic rings. The molecule has 0 aromatic heterocycles. The number of rotatable bonds is 4. The van der Waals surface area contributed by atoms with Gasteiger partial charge in [0.1, 0.15) is 0 Å². The van der Waals surface area contributed by atoms with Crippen LogP contribution in [0.2, 0.25) is 0 Å². The largest absolute Gasteiger partial charge is 0.396 e. The second kappa shape index (κ2) is 3.95. The van der Waals surface area contributed by atoms with Crippen LogP contribution in [0, 0.1) is 0 Å². The topological polar surface area (TPSA) is 54.4 Å². The van der Waals surface area contributed by atoms with Crippen LogP contribution in [-0.4, -0.2) is 23.3 Å². The molecular weight excluding hydrogens is 132 g/mol. The number of hydrogen-bond acceptors (Lipinski definition) is 3. The summed E-state index contributed by atoms with van der Waals surface area (Å²) in [7, 11) is 0. The molecule has 0 amide bonds. The number of aliphatic hydroxyl groups is 1. The minimum atomic E-state index is -0.589. The number of allylic oxidation sites excluding steroid dienone is 1. The Labute approximate surface area is 59.4 Å². The van der Waals surface area contributed by atoms with Crippen LogP contribution in [0.25, 0.3) is 0 Å². The summed E-state index contributed by atoms with van der Waals surface area (Å²) in [6.45, 7) is 4.50. The first kappa shape index (κ1) is 9.04. The van der Waals surface area contributed by atoms with E-state index in [1.54, 1.807) is 0 Å². The second-order valence-electron chi connectivity index (χ2n) is 2.01. The van der Waals surface area contributed by atoms with Crippen molar-refractivity contribution in [3.05, 3.63) is 12.2 Å². The second-order valence-corrected chi connectivity index (χ2v) is 2.01. The number of ketones is 2. The number of Topliss-reactive ketones (excluding diaryl/α,β-unsaturated/α-hetero) is 2. The summed E-state index contributed by atoms with van der Waals surface area (Å²) in [5, 5.41) is 8.26.